The zero-order chi connectivity index (χ0) is 15.4. The zero-order valence-corrected chi connectivity index (χ0v) is 12.9. The molecule has 0 aliphatic rings. The fraction of sp³-hybridized carbons (Fsp3) is 0.0769. The Balaban J connectivity index is 2.01. The zero-order valence-electron chi connectivity index (χ0n) is 10.6. The fourth-order valence-electron chi connectivity index (χ4n) is 1.48. The summed E-state index contributed by atoms with van der Waals surface area (Å²) in [7, 11) is 0. The molecule has 2 rings (SSSR count). The maximum absolute atomic E-state index is 12.0. The van der Waals surface area contributed by atoms with E-state index in [1.54, 1.807) is 24.3 Å². The number of anilines is 1. The van der Waals surface area contributed by atoms with E-state index < -0.39 is 5.91 Å². The number of halogens is 2. The first-order chi connectivity index (χ1) is 9.95. The van der Waals surface area contributed by atoms with Crippen molar-refractivity contribution in [2.75, 3.05) is 11.9 Å². The van der Waals surface area contributed by atoms with Crippen LogP contribution >= 0.6 is 34.5 Å². The van der Waals surface area contributed by atoms with Gasteiger partial charge in [0.05, 0.1) is 9.90 Å². The van der Waals surface area contributed by atoms with Crippen LogP contribution in [0, 0.1) is 0 Å². The molecular weight excluding hydrogens is 335 g/mol. The Kier molecular flexibility index (Phi) is 5.06. The molecule has 110 valence electrons. The lowest BCUT2D eigenvalue weighted by molar-refractivity contribution is -0.119. The standard InChI is InChI=1S/C13H10Cl2N2O3S/c14-10-5-9(12(15)21-10)13(19)17-7-1-3-8(4-2-7)20-6-11(16)18/h1-5H,6H2,(H2,16,18)(H,17,19). The number of primary amides is 1. The summed E-state index contributed by atoms with van der Waals surface area (Å²) < 4.78 is 5.89. The van der Waals surface area contributed by atoms with Crippen LogP contribution in [-0.2, 0) is 4.79 Å². The second kappa shape index (κ2) is 6.80. The molecule has 8 heteroatoms. The number of ether oxygens (including phenoxy) is 1. The summed E-state index contributed by atoms with van der Waals surface area (Å²) in [5, 5.41) is 2.68. The quantitative estimate of drug-likeness (QED) is 0.873. The molecule has 5 nitrogen and oxygen atoms in total. The van der Waals surface area contributed by atoms with Crippen LogP contribution in [0.1, 0.15) is 10.4 Å². The number of hydrogen-bond donors (Lipinski definition) is 2. The molecule has 3 N–H and O–H groups in total. The van der Waals surface area contributed by atoms with Crippen molar-refractivity contribution in [3.63, 3.8) is 0 Å². The smallest absolute Gasteiger partial charge is 0.258 e. The van der Waals surface area contributed by atoms with Crippen LogP contribution < -0.4 is 15.8 Å². The van der Waals surface area contributed by atoms with Gasteiger partial charge >= 0.3 is 0 Å². The molecule has 2 aromatic rings. The van der Waals surface area contributed by atoms with Crippen molar-refractivity contribution in [3.05, 3.63) is 44.6 Å². The maximum Gasteiger partial charge on any atom is 0.258 e. The average Bonchev–Trinajstić information content (AvgIpc) is 2.77. The molecule has 0 fully saturated rings. The number of nitrogens with one attached hydrogen (secondary N) is 1. The first kappa shape index (κ1) is 15.6. The molecule has 0 saturated heterocycles. The predicted molar refractivity (Wildman–Crippen MR) is 83.4 cm³/mol. The first-order valence-corrected chi connectivity index (χ1v) is 7.30. The number of carbonyl (C=O) groups is 2. The minimum Gasteiger partial charge on any atom is -0.484 e. The fourth-order valence-corrected chi connectivity index (χ4v) is 2.94. The molecule has 0 unspecified atom stereocenters. The van der Waals surface area contributed by atoms with Crippen LogP contribution in [0.5, 0.6) is 5.75 Å². The minimum atomic E-state index is -0.559. The SMILES string of the molecule is NC(=O)COc1ccc(NC(=O)c2cc(Cl)sc2Cl)cc1. The van der Waals surface area contributed by atoms with E-state index >= 15 is 0 Å². The van der Waals surface area contributed by atoms with Gasteiger partial charge in [-0.05, 0) is 30.3 Å². The van der Waals surface area contributed by atoms with Gasteiger partial charge in [0, 0.05) is 5.69 Å². The van der Waals surface area contributed by atoms with E-state index in [1.807, 2.05) is 0 Å². The lowest BCUT2D eigenvalue weighted by Gasteiger charge is -2.07. The highest BCUT2D eigenvalue weighted by Crippen LogP contribution is 2.31. The molecule has 0 bridgehead atoms. The minimum absolute atomic E-state index is 0.200. The number of thiophene rings is 1. The van der Waals surface area contributed by atoms with Crippen molar-refractivity contribution in [1.29, 1.82) is 0 Å². The van der Waals surface area contributed by atoms with Crippen molar-refractivity contribution in [1.82, 2.24) is 0 Å². The number of hydrogen-bond acceptors (Lipinski definition) is 4. The molecule has 1 aromatic heterocycles. The van der Waals surface area contributed by atoms with Crippen LogP contribution in [0.2, 0.25) is 8.67 Å². The Bertz CT molecular complexity index is 671. The van der Waals surface area contributed by atoms with E-state index in [1.165, 1.54) is 6.07 Å². The Hall–Kier alpha value is -1.76. The van der Waals surface area contributed by atoms with Crippen molar-refractivity contribution in [2.24, 2.45) is 5.73 Å². The topological polar surface area (TPSA) is 81.4 Å². The molecule has 1 aromatic carbocycles. The predicted octanol–water partition coefficient (Wildman–Crippen LogP) is 3.17. The van der Waals surface area contributed by atoms with Gasteiger partial charge in [-0.3, -0.25) is 9.59 Å². The summed E-state index contributed by atoms with van der Waals surface area (Å²) >= 11 is 12.8. The summed E-state index contributed by atoms with van der Waals surface area (Å²) in [5.74, 6) is -0.436. The van der Waals surface area contributed by atoms with Crippen molar-refractivity contribution in [3.8, 4) is 5.75 Å². The summed E-state index contributed by atoms with van der Waals surface area (Å²) in [4.78, 5) is 22.6. The molecule has 2 amide bonds. The maximum atomic E-state index is 12.0. The van der Waals surface area contributed by atoms with Crippen molar-refractivity contribution < 1.29 is 14.3 Å². The van der Waals surface area contributed by atoms with Gasteiger partial charge in [-0.1, -0.05) is 23.2 Å². The molecule has 0 aliphatic heterocycles. The van der Waals surface area contributed by atoms with Gasteiger partial charge in [0.1, 0.15) is 10.1 Å². The van der Waals surface area contributed by atoms with Gasteiger partial charge in [0.2, 0.25) is 0 Å². The molecular formula is C13H10Cl2N2O3S. The van der Waals surface area contributed by atoms with Crippen molar-refractivity contribution >= 4 is 52.0 Å². The molecule has 1 heterocycles. The van der Waals surface area contributed by atoms with Crippen LogP contribution in [0.25, 0.3) is 0 Å². The number of amides is 2. The molecule has 0 radical (unpaired) electrons. The van der Waals surface area contributed by atoms with Gasteiger partial charge in [0.15, 0.2) is 6.61 Å². The molecule has 0 spiro atoms. The van der Waals surface area contributed by atoms with Gasteiger partial charge in [-0.15, -0.1) is 11.3 Å². The third kappa shape index (κ3) is 4.35. The van der Waals surface area contributed by atoms with Crippen molar-refractivity contribution in [2.45, 2.75) is 0 Å². The lowest BCUT2D eigenvalue weighted by atomic mass is 10.2. The largest absolute Gasteiger partial charge is 0.484 e. The van der Waals surface area contributed by atoms with Crippen LogP contribution in [0.15, 0.2) is 30.3 Å². The van der Waals surface area contributed by atoms with Crippen LogP contribution in [-0.4, -0.2) is 18.4 Å². The third-order valence-electron chi connectivity index (χ3n) is 2.39. The van der Waals surface area contributed by atoms with Gasteiger partial charge in [-0.25, -0.2) is 0 Å². The number of carbonyl (C=O) groups excluding carboxylic acids is 2. The summed E-state index contributed by atoms with van der Waals surface area (Å²) in [5.41, 5.74) is 5.85. The highest BCUT2D eigenvalue weighted by atomic mass is 35.5. The highest BCUT2D eigenvalue weighted by molar-refractivity contribution is 7.20. The van der Waals surface area contributed by atoms with E-state index in [9.17, 15) is 9.59 Å². The van der Waals surface area contributed by atoms with Gasteiger partial charge in [0.25, 0.3) is 11.8 Å². The Labute approximate surface area is 134 Å². The van der Waals surface area contributed by atoms with E-state index in [0.29, 0.717) is 25.7 Å². The molecule has 0 saturated carbocycles. The van der Waals surface area contributed by atoms with E-state index in [4.69, 9.17) is 33.7 Å². The lowest BCUT2D eigenvalue weighted by Crippen LogP contribution is -2.20. The third-order valence-corrected chi connectivity index (χ3v) is 3.88. The van der Waals surface area contributed by atoms with Gasteiger partial charge < -0.3 is 15.8 Å². The van der Waals surface area contributed by atoms with E-state index in [0.717, 1.165) is 11.3 Å². The molecule has 21 heavy (non-hydrogen) atoms. The normalized spacial score (nSPS) is 10.2. The summed E-state index contributed by atoms with van der Waals surface area (Å²) in [6.45, 7) is -0.200. The Morgan fingerprint density at radius 1 is 1.24 bits per heavy atom. The second-order valence-corrected chi connectivity index (χ2v) is 6.26. The average molecular weight is 345 g/mol. The van der Waals surface area contributed by atoms with E-state index in [-0.39, 0.29) is 12.5 Å². The second-order valence-electron chi connectivity index (χ2n) is 3.97. The van der Waals surface area contributed by atoms with Crippen LogP contribution in [0.3, 0.4) is 0 Å². The number of benzene rings is 1. The van der Waals surface area contributed by atoms with Gasteiger partial charge in [-0.2, -0.15) is 0 Å². The Morgan fingerprint density at radius 3 is 2.43 bits per heavy atom. The number of nitrogens with two attached hydrogens (primary N) is 1. The van der Waals surface area contributed by atoms with Crippen LogP contribution in [0.4, 0.5) is 5.69 Å². The van der Waals surface area contributed by atoms with E-state index in [2.05, 4.69) is 5.32 Å². The molecule has 0 aliphatic carbocycles. The monoisotopic (exact) mass is 344 g/mol. The highest BCUT2D eigenvalue weighted by Gasteiger charge is 2.14. The number of rotatable bonds is 5. The summed E-state index contributed by atoms with van der Waals surface area (Å²) in [6.07, 6.45) is 0. The first-order valence-electron chi connectivity index (χ1n) is 5.73. The summed E-state index contributed by atoms with van der Waals surface area (Å²) in [6, 6.07) is 8.00. The molecule has 0 atom stereocenters. The Morgan fingerprint density at radius 2 is 1.90 bits per heavy atom.